The summed E-state index contributed by atoms with van der Waals surface area (Å²) in [4.78, 5) is 6.97. The van der Waals surface area contributed by atoms with E-state index in [0.29, 0.717) is 11.6 Å². The van der Waals surface area contributed by atoms with Crippen molar-refractivity contribution in [3.63, 3.8) is 0 Å². The molecule has 1 saturated carbocycles. The minimum absolute atomic E-state index is 0.00183. The maximum absolute atomic E-state index is 10.0. The highest BCUT2D eigenvalue weighted by molar-refractivity contribution is 7.14. The zero-order valence-electron chi connectivity index (χ0n) is 14.8. The van der Waals surface area contributed by atoms with E-state index in [2.05, 4.69) is 16.5 Å². The van der Waals surface area contributed by atoms with Crippen LogP contribution in [0.2, 0.25) is 0 Å². The number of thiazole rings is 1. The van der Waals surface area contributed by atoms with Crippen molar-refractivity contribution in [1.82, 2.24) is 4.68 Å². The second-order valence-electron chi connectivity index (χ2n) is 6.60. The molecule has 1 aliphatic rings. The highest BCUT2D eigenvalue weighted by Gasteiger charge is 2.14. The predicted molar refractivity (Wildman–Crippen MR) is 111 cm³/mol. The summed E-state index contributed by atoms with van der Waals surface area (Å²) in [5.74, 6) is 0.0260. The average molecular weight is 400 g/mol. The first-order chi connectivity index (χ1) is 13.2. The molecule has 0 aliphatic heterocycles. The molecule has 0 atom stereocenters. The van der Waals surface area contributed by atoms with Gasteiger partial charge in [0.15, 0.2) is 0 Å². The van der Waals surface area contributed by atoms with E-state index < -0.39 is 0 Å². The lowest BCUT2D eigenvalue weighted by atomic mass is 9.96. The van der Waals surface area contributed by atoms with Gasteiger partial charge in [-0.3, -0.25) is 4.99 Å². The molecular formula is C20H21N3O2S2. The molecular weight excluding hydrogens is 378 g/mol. The Morgan fingerprint density at radius 1 is 1.07 bits per heavy atom. The quantitative estimate of drug-likeness (QED) is 0.618. The fourth-order valence-electron chi connectivity index (χ4n) is 3.22. The fourth-order valence-corrected chi connectivity index (χ4v) is 4.92. The topological polar surface area (TPSA) is 70.1 Å². The Morgan fingerprint density at radius 2 is 1.93 bits per heavy atom. The van der Waals surface area contributed by atoms with Crippen LogP contribution in [0.4, 0.5) is 0 Å². The summed E-state index contributed by atoms with van der Waals surface area (Å²) in [6.07, 6.45) is 7.65. The molecule has 140 valence electrons. The van der Waals surface area contributed by atoms with Gasteiger partial charge < -0.3 is 10.2 Å². The fraction of sp³-hybridized carbons (Fsp3) is 0.300. The molecule has 0 spiro atoms. The number of benzene rings is 1. The predicted octanol–water partition coefficient (Wildman–Crippen LogP) is 4.80. The minimum Gasteiger partial charge on any atom is -0.508 e. The second kappa shape index (κ2) is 8.10. The Hall–Kier alpha value is -2.38. The third-order valence-electron chi connectivity index (χ3n) is 4.65. The van der Waals surface area contributed by atoms with Crippen molar-refractivity contribution in [3.8, 4) is 22.1 Å². The molecule has 0 amide bonds. The first-order valence-corrected chi connectivity index (χ1v) is 10.8. The van der Waals surface area contributed by atoms with E-state index in [-0.39, 0.29) is 11.5 Å². The maximum atomic E-state index is 10.0. The van der Waals surface area contributed by atoms with Crippen LogP contribution >= 0.6 is 22.7 Å². The van der Waals surface area contributed by atoms with Gasteiger partial charge in [0.05, 0.1) is 22.8 Å². The molecule has 0 radical (unpaired) electrons. The first kappa shape index (κ1) is 18.0. The van der Waals surface area contributed by atoms with Gasteiger partial charge in [-0.05, 0) is 36.4 Å². The van der Waals surface area contributed by atoms with E-state index in [1.807, 2.05) is 16.1 Å². The van der Waals surface area contributed by atoms with Gasteiger partial charge in [-0.1, -0.05) is 25.3 Å². The van der Waals surface area contributed by atoms with Crippen LogP contribution in [0.25, 0.3) is 10.6 Å². The lowest BCUT2D eigenvalue weighted by molar-refractivity contribution is 0.435. The lowest BCUT2D eigenvalue weighted by Crippen LogP contribution is -2.18. The Bertz CT molecular complexity index is 997. The third-order valence-corrected chi connectivity index (χ3v) is 6.38. The van der Waals surface area contributed by atoms with Crippen LogP contribution in [0, 0.1) is 0 Å². The Labute approximate surface area is 165 Å². The van der Waals surface area contributed by atoms with Gasteiger partial charge in [0.2, 0.25) is 4.80 Å². The molecule has 1 aromatic carbocycles. The summed E-state index contributed by atoms with van der Waals surface area (Å²) >= 11 is 3.26. The molecule has 2 heterocycles. The van der Waals surface area contributed by atoms with Crippen molar-refractivity contribution in [2.24, 2.45) is 10.1 Å². The highest BCUT2D eigenvalue weighted by atomic mass is 32.1. The third kappa shape index (κ3) is 4.14. The maximum Gasteiger partial charge on any atom is 0.206 e. The van der Waals surface area contributed by atoms with Crippen LogP contribution in [0.5, 0.6) is 11.5 Å². The average Bonchev–Trinajstić information content (AvgIpc) is 3.32. The van der Waals surface area contributed by atoms with Gasteiger partial charge >= 0.3 is 0 Å². The number of aromatic hydroxyl groups is 2. The summed E-state index contributed by atoms with van der Waals surface area (Å²) in [5, 5.41) is 28.2. The molecule has 2 aromatic heterocycles. The number of aromatic nitrogens is 1. The number of rotatable bonds is 4. The number of phenolic OH excluding ortho intramolecular Hbond substituents is 2. The van der Waals surface area contributed by atoms with Crippen molar-refractivity contribution in [2.45, 2.75) is 38.1 Å². The van der Waals surface area contributed by atoms with E-state index in [1.165, 1.54) is 31.4 Å². The van der Waals surface area contributed by atoms with E-state index in [0.717, 1.165) is 28.2 Å². The molecule has 0 saturated heterocycles. The number of nitrogens with zero attached hydrogens (tertiary/aromatic N) is 3. The second-order valence-corrected chi connectivity index (χ2v) is 8.39. The molecule has 0 unspecified atom stereocenters. The van der Waals surface area contributed by atoms with E-state index in [4.69, 9.17) is 4.99 Å². The first-order valence-electron chi connectivity index (χ1n) is 9.05. The SMILES string of the molecule is Oc1ccc(C=Nn2c(-c3cccs3)csc2=NC2CCCCC2)c(O)c1. The van der Waals surface area contributed by atoms with Crippen molar-refractivity contribution in [2.75, 3.05) is 0 Å². The van der Waals surface area contributed by atoms with Crippen LogP contribution in [-0.4, -0.2) is 27.1 Å². The summed E-state index contributed by atoms with van der Waals surface area (Å²) in [6, 6.07) is 8.94. The van der Waals surface area contributed by atoms with Gasteiger partial charge in [-0.25, -0.2) is 4.68 Å². The molecule has 2 N–H and O–H groups in total. The van der Waals surface area contributed by atoms with Crippen molar-refractivity contribution in [3.05, 3.63) is 51.5 Å². The number of hydrogen-bond acceptors (Lipinski definition) is 6. The number of hydrogen-bond donors (Lipinski definition) is 2. The Kier molecular flexibility index (Phi) is 5.40. The van der Waals surface area contributed by atoms with Crippen molar-refractivity contribution < 1.29 is 10.2 Å². The molecule has 27 heavy (non-hydrogen) atoms. The molecule has 5 nitrogen and oxygen atoms in total. The van der Waals surface area contributed by atoms with Crippen LogP contribution in [0.3, 0.4) is 0 Å². The number of thiophene rings is 1. The molecule has 7 heteroatoms. The minimum atomic E-state index is -0.00183. The summed E-state index contributed by atoms with van der Waals surface area (Å²) < 4.78 is 1.86. The van der Waals surface area contributed by atoms with Crippen LogP contribution in [-0.2, 0) is 0 Å². The molecule has 3 aromatic rings. The van der Waals surface area contributed by atoms with Crippen molar-refractivity contribution in [1.29, 1.82) is 0 Å². The smallest absolute Gasteiger partial charge is 0.206 e. The molecule has 0 bridgehead atoms. The number of phenols is 2. The Morgan fingerprint density at radius 3 is 2.67 bits per heavy atom. The van der Waals surface area contributed by atoms with E-state index in [9.17, 15) is 10.2 Å². The highest BCUT2D eigenvalue weighted by Crippen LogP contribution is 2.26. The summed E-state index contributed by atoms with van der Waals surface area (Å²) in [7, 11) is 0. The van der Waals surface area contributed by atoms with Gasteiger partial charge in [0.1, 0.15) is 11.5 Å². The van der Waals surface area contributed by atoms with Gasteiger partial charge in [-0.15, -0.1) is 22.7 Å². The zero-order chi connectivity index (χ0) is 18.6. The zero-order valence-corrected chi connectivity index (χ0v) is 16.4. The summed E-state index contributed by atoms with van der Waals surface area (Å²) in [6.45, 7) is 0. The summed E-state index contributed by atoms with van der Waals surface area (Å²) in [5.41, 5.74) is 1.55. The van der Waals surface area contributed by atoms with Gasteiger partial charge in [-0.2, -0.15) is 5.10 Å². The van der Waals surface area contributed by atoms with Crippen LogP contribution < -0.4 is 4.80 Å². The van der Waals surface area contributed by atoms with Gasteiger partial charge in [0, 0.05) is 17.0 Å². The van der Waals surface area contributed by atoms with Crippen molar-refractivity contribution >= 4 is 28.9 Å². The normalized spacial score (nSPS) is 16.4. The van der Waals surface area contributed by atoms with Crippen LogP contribution in [0.15, 0.2) is 51.2 Å². The molecule has 1 fully saturated rings. The monoisotopic (exact) mass is 399 g/mol. The van der Waals surface area contributed by atoms with E-state index in [1.54, 1.807) is 35.0 Å². The molecule has 4 rings (SSSR count). The van der Waals surface area contributed by atoms with E-state index >= 15 is 0 Å². The standard InChI is InChI=1S/C20H21N3O2S2/c24-16-9-8-14(18(25)11-16)12-21-23-17(19-7-4-10-26-19)13-27-20(23)22-15-5-2-1-3-6-15/h4,7-13,15,24-25H,1-3,5-6H2. The van der Waals surface area contributed by atoms with Gasteiger partial charge in [0.25, 0.3) is 0 Å². The molecule has 1 aliphatic carbocycles. The lowest BCUT2D eigenvalue weighted by Gasteiger charge is -2.16. The Balaban J connectivity index is 1.75. The largest absolute Gasteiger partial charge is 0.508 e. The van der Waals surface area contributed by atoms with Crippen LogP contribution in [0.1, 0.15) is 37.7 Å².